The van der Waals surface area contributed by atoms with Gasteiger partial charge in [0.05, 0.1) is 17.2 Å². The van der Waals surface area contributed by atoms with Gasteiger partial charge in [-0.2, -0.15) is 5.26 Å². The zero-order valence-corrected chi connectivity index (χ0v) is 6.94. The lowest BCUT2D eigenvalue weighted by Gasteiger charge is -2.03. The van der Waals surface area contributed by atoms with Crippen molar-refractivity contribution in [3.8, 4) is 6.07 Å². The summed E-state index contributed by atoms with van der Waals surface area (Å²) in [6.45, 7) is 0. The van der Waals surface area contributed by atoms with Crippen molar-refractivity contribution in [2.75, 3.05) is 0 Å². The maximum absolute atomic E-state index is 13.2. The summed E-state index contributed by atoms with van der Waals surface area (Å²) in [6.07, 6.45) is 0.210. The van der Waals surface area contributed by atoms with E-state index in [0.717, 1.165) is 12.1 Å². The van der Waals surface area contributed by atoms with Crippen LogP contribution in [0.1, 0.15) is 15.9 Å². The summed E-state index contributed by atoms with van der Waals surface area (Å²) in [6, 6.07) is 3.69. The molecule has 0 spiro atoms. The number of aldehydes is 1. The molecule has 0 saturated heterocycles. The molecule has 2 N–H and O–H groups in total. The third kappa shape index (κ3) is 1.79. The third-order valence-corrected chi connectivity index (χ3v) is 1.66. The predicted octanol–water partition coefficient (Wildman–Crippen LogP) is -0.810. The number of halogens is 1. The molecule has 0 amide bonds. The van der Waals surface area contributed by atoms with E-state index in [2.05, 4.69) is 0 Å². The Morgan fingerprint density at radius 1 is 1.50 bits per heavy atom. The molecule has 70 valence electrons. The second-order valence-electron chi connectivity index (χ2n) is 2.57. The van der Waals surface area contributed by atoms with Crippen LogP contribution in [0.4, 0.5) is 4.39 Å². The minimum atomic E-state index is -2.04. The Labute approximate surface area is 79.4 Å². The summed E-state index contributed by atoms with van der Waals surface area (Å²) in [5.74, 6) is -1.02. The molecule has 1 aromatic rings. The van der Waals surface area contributed by atoms with E-state index in [1.807, 2.05) is 0 Å². The van der Waals surface area contributed by atoms with Crippen molar-refractivity contribution < 1.29 is 19.2 Å². The number of benzene rings is 1. The Hall–Kier alpha value is -1.71. The summed E-state index contributed by atoms with van der Waals surface area (Å²) in [4.78, 5) is 10.4. The van der Waals surface area contributed by atoms with Gasteiger partial charge in [-0.05, 0) is 12.1 Å². The first kappa shape index (κ1) is 10.4. The van der Waals surface area contributed by atoms with Crippen molar-refractivity contribution in [1.82, 2.24) is 0 Å². The largest absolute Gasteiger partial charge is 0.491 e. The third-order valence-electron chi connectivity index (χ3n) is 1.66. The van der Waals surface area contributed by atoms with E-state index in [4.69, 9.17) is 15.3 Å². The Balaban J connectivity index is 3.43. The molecular weight excluding hydrogens is 188 g/mol. The molecule has 0 aliphatic rings. The minimum absolute atomic E-state index is 0.00315. The lowest BCUT2D eigenvalue weighted by molar-refractivity contribution is 0.112. The maximum Gasteiger partial charge on any atom is 0.491 e. The fraction of sp³-hybridized carbons (Fsp3) is 0. The summed E-state index contributed by atoms with van der Waals surface area (Å²) in [5, 5.41) is 26.0. The molecule has 14 heavy (non-hydrogen) atoms. The Morgan fingerprint density at radius 3 is 2.57 bits per heavy atom. The molecule has 0 aliphatic heterocycles. The fourth-order valence-electron chi connectivity index (χ4n) is 1.01. The highest BCUT2D eigenvalue weighted by Crippen LogP contribution is 2.06. The van der Waals surface area contributed by atoms with E-state index in [1.54, 1.807) is 6.07 Å². The number of carbonyl (C=O) groups is 1. The fourth-order valence-corrected chi connectivity index (χ4v) is 1.01. The van der Waals surface area contributed by atoms with Gasteiger partial charge in [-0.3, -0.25) is 4.79 Å². The van der Waals surface area contributed by atoms with E-state index in [1.165, 1.54) is 0 Å². The van der Waals surface area contributed by atoms with Gasteiger partial charge in [0.15, 0.2) is 6.29 Å². The maximum atomic E-state index is 13.2. The van der Waals surface area contributed by atoms with Gasteiger partial charge in [-0.15, -0.1) is 0 Å². The van der Waals surface area contributed by atoms with E-state index >= 15 is 0 Å². The first-order valence-electron chi connectivity index (χ1n) is 3.65. The normalized spacial score (nSPS) is 9.29. The molecular formula is C8H5BFNO3. The molecule has 0 bridgehead atoms. The molecule has 0 aliphatic carbocycles. The van der Waals surface area contributed by atoms with Crippen molar-refractivity contribution in [2.24, 2.45) is 0 Å². The molecule has 0 fully saturated rings. The van der Waals surface area contributed by atoms with Crippen molar-refractivity contribution in [1.29, 1.82) is 5.26 Å². The lowest BCUT2D eigenvalue weighted by Crippen LogP contribution is -2.33. The van der Waals surface area contributed by atoms with Crippen LogP contribution in [-0.2, 0) is 0 Å². The highest BCUT2D eigenvalue weighted by Gasteiger charge is 2.20. The number of hydrogen-bond donors (Lipinski definition) is 2. The standard InChI is InChI=1S/C8H5BFNO3/c10-8-6(4-12)1-5(3-11)2-7(8)9(13)14/h1-2,4,13-14H. The van der Waals surface area contributed by atoms with Gasteiger partial charge in [0.1, 0.15) is 5.82 Å². The number of rotatable bonds is 2. The van der Waals surface area contributed by atoms with Crippen molar-refractivity contribution in [3.63, 3.8) is 0 Å². The first-order chi connectivity index (χ1) is 6.60. The smallest absolute Gasteiger partial charge is 0.423 e. The SMILES string of the molecule is N#Cc1cc(C=O)c(F)c(B(O)O)c1. The average Bonchev–Trinajstić information content (AvgIpc) is 2.17. The second kappa shape index (κ2) is 4.00. The van der Waals surface area contributed by atoms with E-state index in [0.29, 0.717) is 0 Å². The summed E-state index contributed by atoms with van der Waals surface area (Å²) >= 11 is 0. The van der Waals surface area contributed by atoms with Crippen LogP contribution < -0.4 is 5.46 Å². The van der Waals surface area contributed by atoms with Crippen LogP contribution in [0.15, 0.2) is 12.1 Å². The van der Waals surface area contributed by atoms with Gasteiger partial charge in [0, 0.05) is 5.46 Å². The van der Waals surface area contributed by atoms with Gasteiger partial charge in [-0.1, -0.05) is 0 Å². The quantitative estimate of drug-likeness (QED) is 0.475. The molecule has 1 rings (SSSR count). The number of carbonyl (C=O) groups excluding carboxylic acids is 1. The van der Waals surface area contributed by atoms with Gasteiger partial charge >= 0.3 is 7.12 Å². The minimum Gasteiger partial charge on any atom is -0.423 e. The topological polar surface area (TPSA) is 81.3 Å². The van der Waals surface area contributed by atoms with Crippen molar-refractivity contribution in [3.05, 3.63) is 29.1 Å². The van der Waals surface area contributed by atoms with Crippen LogP contribution in [0, 0.1) is 17.1 Å². The van der Waals surface area contributed by atoms with Crippen LogP contribution >= 0.6 is 0 Å². The van der Waals surface area contributed by atoms with Crippen molar-refractivity contribution >= 4 is 18.9 Å². The summed E-state index contributed by atoms with van der Waals surface area (Å²) in [5.41, 5.74) is -0.852. The number of nitrogens with zero attached hydrogens (tertiary/aromatic N) is 1. The van der Waals surface area contributed by atoms with E-state index < -0.39 is 18.4 Å². The van der Waals surface area contributed by atoms with E-state index in [9.17, 15) is 9.18 Å². The molecule has 0 heterocycles. The predicted molar refractivity (Wildman–Crippen MR) is 46.3 cm³/mol. The van der Waals surface area contributed by atoms with Crippen LogP contribution in [0.2, 0.25) is 0 Å². The van der Waals surface area contributed by atoms with Crippen LogP contribution in [-0.4, -0.2) is 23.5 Å². The van der Waals surface area contributed by atoms with Crippen LogP contribution in [0.25, 0.3) is 0 Å². The number of hydrogen-bond acceptors (Lipinski definition) is 4. The monoisotopic (exact) mass is 193 g/mol. The van der Waals surface area contributed by atoms with Gasteiger partial charge in [0.2, 0.25) is 0 Å². The molecule has 0 aromatic heterocycles. The van der Waals surface area contributed by atoms with Gasteiger partial charge in [-0.25, -0.2) is 4.39 Å². The summed E-state index contributed by atoms with van der Waals surface area (Å²) < 4.78 is 13.2. The molecule has 0 radical (unpaired) electrons. The van der Waals surface area contributed by atoms with Crippen LogP contribution in [0.5, 0.6) is 0 Å². The zero-order valence-electron chi connectivity index (χ0n) is 6.94. The molecule has 0 unspecified atom stereocenters. The molecule has 1 aromatic carbocycles. The highest BCUT2D eigenvalue weighted by molar-refractivity contribution is 6.58. The Kier molecular flexibility index (Phi) is 2.97. The first-order valence-corrected chi connectivity index (χ1v) is 3.65. The highest BCUT2D eigenvalue weighted by atomic mass is 19.1. The molecule has 0 saturated carbocycles. The number of nitriles is 1. The Bertz CT molecular complexity index is 414. The summed E-state index contributed by atoms with van der Waals surface area (Å²) in [7, 11) is -2.04. The Morgan fingerprint density at radius 2 is 2.14 bits per heavy atom. The lowest BCUT2D eigenvalue weighted by atomic mass is 9.78. The van der Waals surface area contributed by atoms with Crippen LogP contribution in [0.3, 0.4) is 0 Å². The zero-order chi connectivity index (χ0) is 10.7. The second-order valence-corrected chi connectivity index (χ2v) is 2.57. The van der Waals surface area contributed by atoms with Crippen molar-refractivity contribution in [2.45, 2.75) is 0 Å². The average molecular weight is 193 g/mol. The molecule has 4 nitrogen and oxygen atoms in total. The van der Waals surface area contributed by atoms with E-state index in [-0.39, 0.29) is 17.4 Å². The molecule has 0 atom stereocenters. The van der Waals surface area contributed by atoms with Gasteiger partial charge in [0.25, 0.3) is 0 Å². The van der Waals surface area contributed by atoms with Gasteiger partial charge < -0.3 is 10.0 Å². The molecule has 6 heteroatoms.